The van der Waals surface area contributed by atoms with Crippen LogP contribution in [0.4, 0.5) is 0 Å². The van der Waals surface area contributed by atoms with E-state index in [1.165, 1.54) is 9.80 Å². The molecule has 0 saturated carbocycles. The van der Waals surface area contributed by atoms with Crippen molar-refractivity contribution in [3.05, 3.63) is 71.8 Å². The molecule has 4 fully saturated rings. The van der Waals surface area contributed by atoms with Gasteiger partial charge in [-0.15, -0.1) is 0 Å². The summed E-state index contributed by atoms with van der Waals surface area (Å²) >= 11 is 0. The molecule has 8 heteroatoms. The largest absolute Gasteiger partial charge is 0.281 e. The van der Waals surface area contributed by atoms with Crippen molar-refractivity contribution in [2.45, 2.75) is 63.7 Å². The van der Waals surface area contributed by atoms with Crippen molar-refractivity contribution in [1.82, 2.24) is 19.8 Å². The van der Waals surface area contributed by atoms with Gasteiger partial charge in [-0.2, -0.15) is 0 Å². The Kier molecular flexibility index (Phi) is 6.40. The van der Waals surface area contributed by atoms with E-state index in [9.17, 15) is 19.2 Å². The Morgan fingerprint density at radius 3 is 1.24 bits per heavy atom. The average molecular weight is 515 g/mol. The van der Waals surface area contributed by atoms with Gasteiger partial charge < -0.3 is 0 Å². The number of fused-ring (bicyclic) bond motifs is 5. The Labute approximate surface area is 223 Å². The number of unbranched alkanes of at least 4 members (excludes halogenated alkanes) is 2. The minimum Gasteiger partial charge on any atom is -0.281 e. The van der Waals surface area contributed by atoms with Crippen molar-refractivity contribution in [2.24, 2.45) is 11.8 Å². The second kappa shape index (κ2) is 9.75. The molecule has 4 heterocycles. The molecule has 2 aromatic rings. The number of hydrogen-bond acceptors (Lipinski definition) is 6. The molecule has 0 radical (unpaired) electrons. The van der Waals surface area contributed by atoms with Crippen LogP contribution < -0.4 is 0 Å². The fourth-order valence-corrected chi connectivity index (χ4v) is 6.99. The van der Waals surface area contributed by atoms with E-state index in [4.69, 9.17) is 0 Å². The van der Waals surface area contributed by atoms with Gasteiger partial charge in [-0.25, -0.2) is 10.0 Å². The van der Waals surface area contributed by atoms with Crippen LogP contribution in [0, 0.1) is 11.8 Å². The van der Waals surface area contributed by atoms with Crippen LogP contribution in [0.5, 0.6) is 0 Å². The number of amides is 4. The third kappa shape index (κ3) is 3.50. The maximum Gasteiger partial charge on any atom is 0.248 e. The van der Waals surface area contributed by atoms with E-state index in [0.717, 1.165) is 36.8 Å². The molecule has 8 nitrogen and oxygen atoms in total. The number of carbonyl (C=O) groups excluding carboxylic acids is 4. The van der Waals surface area contributed by atoms with Crippen LogP contribution in [-0.4, -0.2) is 68.6 Å². The van der Waals surface area contributed by atoms with E-state index in [1.54, 1.807) is 0 Å². The van der Waals surface area contributed by atoms with Gasteiger partial charge in [0.25, 0.3) is 0 Å². The summed E-state index contributed by atoms with van der Waals surface area (Å²) in [4.78, 5) is 58.5. The molecule has 6 unspecified atom stereocenters. The second-order valence-electron chi connectivity index (χ2n) is 10.8. The van der Waals surface area contributed by atoms with Gasteiger partial charge in [-0.1, -0.05) is 87.4 Å². The first kappa shape index (κ1) is 24.9. The van der Waals surface area contributed by atoms with Gasteiger partial charge >= 0.3 is 0 Å². The lowest BCUT2D eigenvalue weighted by atomic mass is 9.84. The van der Waals surface area contributed by atoms with Crippen LogP contribution in [0.3, 0.4) is 0 Å². The monoisotopic (exact) mass is 514 g/mol. The molecule has 0 N–H and O–H groups in total. The molecule has 0 bridgehead atoms. The van der Waals surface area contributed by atoms with Crippen molar-refractivity contribution in [3.63, 3.8) is 0 Å². The van der Waals surface area contributed by atoms with Crippen LogP contribution in [-0.2, 0) is 19.2 Å². The third-order valence-electron chi connectivity index (χ3n) is 8.66. The Morgan fingerprint density at radius 1 is 0.526 bits per heavy atom. The molecule has 4 aliphatic heterocycles. The summed E-state index contributed by atoms with van der Waals surface area (Å²) in [6.45, 7) is 4.86. The Morgan fingerprint density at radius 2 is 0.895 bits per heavy atom. The van der Waals surface area contributed by atoms with Gasteiger partial charge in [0.05, 0.1) is 23.9 Å². The van der Waals surface area contributed by atoms with Crippen LogP contribution >= 0.6 is 0 Å². The highest BCUT2D eigenvalue weighted by molar-refractivity contribution is 6.10. The second-order valence-corrected chi connectivity index (χ2v) is 10.8. The zero-order valence-corrected chi connectivity index (χ0v) is 21.9. The molecule has 2 aromatic carbocycles. The summed E-state index contributed by atoms with van der Waals surface area (Å²) in [5.41, 5.74) is 1.76. The topological polar surface area (TPSA) is 81.2 Å². The minimum absolute atomic E-state index is 0.181. The summed E-state index contributed by atoms with van der Waals surface area (Å²) < 4.78 is 0. The summed E-state index contributed by atoms with van der Waals surface area (Å²) in [6, 6.07) is 16.8. The van der Waals surface area contributed by atoms with Gasteiger partial charge in [0.1, 0.15) is 12.1 Å². The molecular weight excluding hydrogens is 480 g/mol. The molecule has 6 atom stereocenters. The molecule has 6 rings (SSSR count). The summed E-state index contributed by atoms with van der Waals surface area (Å²) in [6.07, 6.45) is 3.23. The lowest BCUT2D eigenvalue weighted by Gasteiger charge is -2.35. The van der Waals surface area contributed by atoms with Crippen LogP contribution in [0.15, 0.2) is 60.7 Å². The maximum absolute atomic E-state index is 13.9. The Bertz CT molecular complexity index is 1150. The number of nitrogens with zero attached hydrogens (tertiary/aromatic N) is 4. The lowest BCUT2D eigenvalue weighted by molar-refractivity contribution is -0.153. The fourth-order valence-electron chi connectivity index (χ4n) is 6.99. The predicted molar refractivity (Wildman–Crippen MR) is 140 cm³/mol. The molecule has 38 heavy (non-hydrogen) atoms. The number of hydrazine groups is 1. The smallest absolute Gasteiger partial charge is 0.248 e. The van der Waals surface area contributed by atoms with E-state index in [2.05, 4.69) is 0 Å². The first-order valence-electron chi connectivity index (χ1n) is 13.9. The van der Waals surface area contributed by atoms with Gasteiger partial charge in [-0.3, -0.25) is 29.0 Å². The van der Waals surface area contributed by atoms with E-state index in [1.807, 2.05) is 84.5 Å². The number of likely N-dealkylation sites (tertiary alicyclic amines) is 2. The maximum atomic E-state index is 13.9. The highest BCUT2D eigenvalue weighted by Crippen LogP contribution is 2.59. The van der Waals surface area contributed by atoms with Crippen molar-refractivity contribution < 1.29 is 19.2 Å². The highest BCUT2D eigenvalue weighted by atomic mass is 16.2. The number of hydrogen-bond donors (Lipinski definition) is 0. The molecule has 4 amide bonds. The minimum atomic E-state index is -0.745. The van der Waals surface area contributed by atoms with Crippen LogP contribution in [0.25, 0.3) is 0 Å². The van der Waals surface area contributed by atoms with Gasteiger partial charge in [0.2, 0.25) is 23.6 Å². The third-order valence-corrected chi connectivity index (χ3v) is 8.66. The first-order chi connectivity index (χ1) is 18.5. The average Bonchev–Trinajstić information content (AvgIpc) is 3.59. The van der Waals surface area contributed by atoms with E-state index >= 15 is 0 Å². The molecule has 4 aliphatic rings. The SMILES string of the molecule is CCCCN1C(=O)C2C(C1=O)N1C(c3ccccc3)C3C(=O)N(CCCC)C(=O)C3N1C2c1ccccc1. The molecule has 0 spiro atoms. The van der Waals surface area contributed by atoms with Crippen LogP contribution in [0.1, 0.15) is 62.7 Å². The van der Waals surface area contributed by atoms with Gasteiger partial charge in [0, 0.05) is 13.1 Å². The van der Waals surface area contributed by atoms with Gasteiger partial charge in [0.15, 0.2) is 0 Å². The summed E-state index contributed by atoms with van der Waals surface area (Å²) in [5.74, 6) is -2.08. The molecule has 0 aliphatic carbocycles. The summed E-state index contributed by atoms with van der Waals surface area (Å²) in [5, 5.41) is 3.90. The number of imide groups is 2. The Hall–Kier alpha value is -3.36. The zero-order valence-electron chi connectivity index (χ0n) is 21.9. The molecule has 4 saturated heterocycles. The van der Waals surface area contributed by atoms with E-state index < -0.39 is 36.0 Å². The zero-order chi connectivity index (χ0) is 26.6. The van der Waals surface area contributed by atoms with Crippen LogP contribution in [0.2, 0.25) is 0 Å². The van der Waals surface area contributed by atoms with Crippen molar-refractivity contribution >= 4 is 23.6 Å². The normalized spacial score (nSPS) is 30.9. The number of benzene rings is 2. The molecule has 198 valence electrons. The Balaban J connectivity index is 1.52. The highest BCUT2D eigenvalue weighted by Gasteiger charge is 2.73. The molecule has 0 aromatic heterocycles. The quantitative estimate of drug-likeness (QED) is 0.503. The van der Waals surface area contributed by atoms with E-state index in [-0.39, 0.29) is 23.6 Å². The van der Waals surface area contributed by atoms with Crippen molar-refractivity contribution in [1.29, 1.82) is 0 Å². The molecular formula is C30H34N4O4. The van der Waals surface area contributed by atoms with Crippen molar-refractivity contribution in [3.8, 4) is 0 Å². The first-order valence-corrected chi connectivity index (χ1v) is 13.9. The van der Waals surface area contributed by atoms with Gasteiger partial charge in [-0.05, 0) is 24.0 Å². The standard InChI is InChI=1S/C30H34N4O4/c1-3-5-17-31-27(35)21-23(19-13-9-7-10-14-19)34-26-22(28(36)32(30(26)38)18-6-4-2)24(20-15-11-8-12-16-20)33(34)25(21)29(31)37/h7-16,21-26H,3-6,17-18H2,1-2H3. The lowest BCUT2D eigenvalue weighted by Crippen LogP contribution is -2.50. The number of carbonyl (C=O) groups is 4. The fraction of sp³-hybridized carbons (Fsp3) is 0.467. The number of rotatable bonds is 8. The van der Waals surface area contributed by atoms with Crippen molar-refractivity contribution in [2.75, 3.05) is 13.1 Å². The predicted octanol–water partition coefficient (Wildman–Crippen LogP) is 3.32. The van der Waals surface area contributed by atoms with E-state index in [0.29, 0.717) is 13.1 Å². The summed E-state index contributed by atoms with van der Waals surface area (Å²) in [7, 11) is 0.